The topological polar surface area (TPSA) is 102 Å². The molecule has 0 spiro atoms. The molecule has 130 valence electrons. The highest BCUT2D eigenvalue weighted by Crippen LogP contribution is 2.23. The van der Waals surface area contributed by atoms with E-state index in [2.05, 4.69) is 10.4 Å². The van der Waals surface area contributed by atoms with Gasteiger partial charge in [0.2, 0.25) is 0 Å². The van der Waals surface area contributed by atoms with E-state index in [9.17, 15) is 19.5 Å². The Labute approximate surface area is 148 Å². The Morgan fingerprint density at radius 2 is 1.65 bits per heavy atom. The van der Waals surface area contributed by atoms with Crippen LogP contribution < -0.4 is 5.43 Å². The first-order valence-electron chi connectivity index (χ1n) is 8.08. The maximum Gasteiger partial charge on any atom is 0.322 e. The minimum atomic E-state index is -1.15. The summed E-state index contributed by atoms with van der Waals surface area (Å²) in [6, 6.07) is 12.8. The molecule has 26 heavy (non-hydrogen) atoms. The van der Waals surface area contributed by atoms with Crippen molar-refractivity contribution >= 4 is 28.7 Å². The lowest BCUT2D eigenvalue weighted by molar-refractivity contribution is -0.140. The number of carboxylic acids is 1. The van der Waals surface area contributed by atoms with Gasteiger partial charge >= 0.3 is 5.97 Å². The lowest BCUT2D eigenvalue weighted by atomic mass is 10.1. The highest BCUT2D eigenvalue weighted by molar-refractivity contribution is 6.21. The molecule has 1 aromatic heterocycles. The lowest BCUT2D eigenvalue weighted by Crippen LogP contribution is -2.52. The fourth-order valence-electron chi connectivity index (χ4n) is 3.17. The van der Waals surface area contributed by atoms with Crippen molar-refractivity contribution in [1.29, 1.82) is 0 Å². The molecule has 2 aromatic carbocycles. The fourth-order valence-corrected chi connectivity index (χ4v) is 3.17. The van der Waals surface area contributed by atoms with Gasteiger partial charge in [-0.25, -0.2) is 10.4 Å². The van der Waals surface area contributed by atoms with Crippen molar-refractivity contribution in [2.24, 2.45) is 0 Å². The van der Waals surface area contributed by atoms with E-state index in [1.807, 2.05) is 24.3 Å². The molecule has 0 radical (unpaired) electrons. The number of rotatable bonds is 5. The molecule has 1 atom stereocenters. The normalized spacial score (nSPS) is 14.7. The highest BCUT2D eigenvalue weighted by atomic mass is 16.4. The SMILES string of the molecule is O=C(O)[C@H](Cc1c[nH]c2ccccc12)NN1C(=O)c2ccccc2C1=O. The second-order valence-electron chi connectivity index (χ2n) is 6.07. The molecule has 3 aromatic rings. The lowest BCUT2D eigenvalue weighted by Gasteiger charge is -2.21. The number of carbonyl (C=O) groups excluding carboxylic acids is 2. The number of hydrogen-bond donors (Lipinski definition) is 3. The quantitative estimate of drug-likeness (QED) is 0.611. The van der Waals surface area contributed by atoms with Gasteiger partial charge < -0.3 is 10.1 Å². The number of hydrogen-bond acceptors (Lipinski definition) is 4. The molecule has 0 fully saturated rings. The third-order valence-electron chi connectivity index (χ3n) is 4.48. The molecule has 4 rings (SSSR count). The van der Waals surface area contributed by atoms with E-state index in [4.69, 9.17) is 0 Å². The van der Waals surface area contributed by atoms with Crippen molar-refractivity contribution in [3.63, 3.8) is 0 Å². The summed E-state index contributed by atoms with van der Waals surface area (Å²) >= 11 is 0. The third kappa shape index (κ3) is 2.55. The Hall–Kier alpha value is -3.45. The summed E-state index contributed by atoms with van der Waals surface area (Å²) in [7, 11) is 0. The van der Waals surface area contributed by atoms with Crippen LogP contribution in [0.3, 0.4) is 0 Å². The second kappa shape index (κ2) is 6.12. The predicted molar refractivity (Wildman–Crippen MR) is 93.5 cm³/mol. The summed E-state index contributed by atoms with van der Waals surface area (Å²) in [4.78, 5) is 39.7. The highest BCUT2D eigenvalue weighted by Gasteiger charge is 2.38. The van der Waals surface area contributed by atoms with Gasteiger partial charge in [-0.15, -0.1) is 0 Å². The Morgan fingerprint density at radius 3 is 2.31 bits per heavy atom. The smallest absolute Gasteiger partial charge is 0.322 e. The van der Waals surface area contributed by atoms with Crippen LogP contribution in [0.15, 0.2) is 54.7 Å². The second-order valence-corrected chi connectivity index (χ2v) is 6.07. The van der Waals surface area contributed by atoms with Crippen molar-refractivity contribution in [2.75, 3.05) is 0 Å². The molecular weight excluding hydrogens is 334 g/mol. The number of carbonyl (C=O) groups is 3. The number of para-hydroxylation sites is 1. The molecule has 0 bridgehead atoms. The van der Waals surface area contributed by atoms with Crippen LogP contribution in [0, 0.1) is 0 Å². The van der Waals surface area contributed by atoms with Crippen molar-refractivity contribution < 1.29 is 19.5 Å². The van der Waals surface area contributed by atoms with Crippen LogP contribution in [-0.2, 0) is 11.2 Å². The van der Waals surface area contributed by atoms with Gasteiger partial charge in [0.05, 0.1) is 11.1 Å². The number of fused-ring (bicyclic) bond motifs is 2. The van der Waals surface area contributed by atoms with Crippen LogP contribution in [0.4, 0.5) is 0 Å². The van der Waals surface area contributed by atoms with Crippen molar-refractivity contribution in [1.82, 2.24) is 15.4 Å². The predicted octanol–water partition coefficient (Wildman–Crippen LogP) is 1.96. The Kier molecular flexibility index (Phi) is 3.78. The summed E-state index contributed by atoms with van der Waals surface area (Å²) in [6.45, 7) is 0. The van der Waals surface area contributed by atoms with E-state index in [-0.39, 0.29) is 17.5 Å². The van der Waals surface area contributed by atoms with Crippen LogP contribution >= 0.6 is 0 Å². The monoisotopic (exact) mass is 349 g/mol. The summed E-state index contributed by atoms with van der Waals surface area (Å²) in [6.07, 6.45) is 1.86. The number of nitrogens with zero attached hydrogens (tertiary/aromatic N) is 1. The largest absolute Gasteiger partial charge is 0.480 e. The van der Waals surface area contributed by atoms with E-state index in [1.165, 1.54) is 0 Å². The van der Waals surface area contributed by atoms with E-state index in [0.717, 1.165) is 21.5 Å². The Bertz CT molecular complexity index is 1000. The van der Waals surface area contributed by atoms with E-state index < -0.39 is 23.8 Å². The first kappa shape index (κ1) is 16.0. The van der Waals surface area contributed by atoms with E-state index >= 15 is 0 Å². The standard InChI is InChI=1S/C19H15N3O4/c23-17-13-6-1-2-7-14(13)18(24)22(17)21-16(19(25)26)9-11-10-20-15-8-4-3-5-12(11)15/h1-8,10,16,20-21H,9H2,(H,25,26)/t16-/m0/s1. The summed E-state index contributed by atoms with van der Waals surface area (Å²) in [5.74, 6) is -2.24. The maximum atomic E-state index is 12.4. The van der Waals surface area contributed by atoms with Crippen LogP contribution in [0.5, 0.6) is 0 Å². The number of aliphatic carboxylic acids is 1. The van der Waals surface area contributed by atoms with E-state index in [0.29, 0.717) is 0 Å². The van der Waals surface area contributed by atoms with Gasteiger partial charge in [0.1, 0.15) is 6.04 Å². The average Bonchev–Trinajstić information content (AvgIpc) is 3.16. The summed E-state index contributed by atoms with van der Waals surface area (Å²) in [5, 5.41) is 11.3. The Morgan fingerprint density at radius 1 is 1.04 bits per heavy atom. The van der Waals surface area contributed by atoms with Gasteiger partial charge in [-0.3, -0.25) is 14.4 Å². The van der Waals surface area contributed by atoms with Crippen molar-refractivity contribution in [3.05, 3.63) is 71.4 Å². The van der Waals surface area contributed by atoms with Crippen molar-refractivity contribution in [2.45, 2.75) is 12.5 Å². The zero-order valence-electron chi connectivity index (χ0n) is 13.6. The minimum absolute atomic E-state index is 0.118. The molecule has 2 heterocycles. The number of H-pyrrole nitrogens is 1. The number of aromatic nitrogens is 1. The fraction of sp³-hybridized carbons (Fsp3) is 0.105. The van der Waals surface area contributed by atoms with Crippen molar-refractivity contribution in [3.8, 4) is 0 Å². The van der Waals surface area contributed by atoms with Gasteiger partial charge in [-0.05, 0) is 23.8 Å². The number of aromatic amines is 1. The molecule has 3 N–H and O–H groups in total. The van der Waals surface area contributed by atoms with Crippen LogP contribution in [0.1, 0.15) is 26.3 Å². The molecule has 0 unspecified atom stereocenters. The van der Waals surface area contributed by atoms with Gasteiger partial charge in [0.25, 0.3) is 11.8 Å². The third-order valence-corrected chi connectivity index (χ3v) is 4.48. The molecule has 7 nitrogen and oxygen atoms in total. The Balaban J connectivity index is 1.60. The molecular formula is C19H15N3O4. The first-order chi connectivity index (χ1) is 12.6. The summed E-state index contributed by atoms with van der Waals surface area (Å²) < 4.78 is 0. The molecule has 0 aliphatic carbocycles. The summed E-state index contributed by atoms with van der Waals surface area (Å²) in [5.41, 5.74) is 4.80. The molecule has 7 heteroatoms. The first-order valence-corrected chi connectivity index (χ1v) is 8.08. The number of amides is 2. The number of carboxylic acid groups (broad SMARTS) is 1. The van der Waals surface area contributed by atoms with E-state index in [1.54, 1.807) is 30.5 Å². The minimum Gasteiger partial charge on any atom is -0.480 e. The number of nitrogens with one attached hydrogen (secondary N) is 2. The average molecular weight is 349 g/mol. The molecule has 1 aliphatic heterocycles. The van der Waals surface area contributed by atoms with Crippen LogP contribution in [0.2, 0.25) is 0 Å². The number of hydrazine groups is 1. The van der Waals surface area contributed by atoms with Crippen LogP contribution in [0.25, 0.3) is 10.9 Å². The molecule has 1 aliphatic rings. The maximum absolute atomic E-state index is 12.4. The van der Waals surface area contributed by atoms with Gasteiger partial charge in [0.15, 0.2) is 0 Å². The zero-order chi connectivity index (χ0) is 18.3. The van der Waals surface area contributed by atoms with Gasteiger partial charge in [0, 0.05) is 23.5 Å². The molecule has 0 saturated carbocycles. The number of imide groups is 1. The molecule has 0 saturated heterocycles. The van der Waals surface area contributed by atoms with Gasteiger partial charge in [-0.2, -0.15) is 0 Å². The number of benzene rings is 2. The molecule has 2 amide bonds. The van der Waals surface area contributed by atoms with Crippen LogP contribution in [-0.4, -0.2) is 38.9 Å². The zero-order valence-corrected chi connectivity index (χ0v) is 13.6. The van der Waals surface area contributed by atoms with Gasteiger partial charge in [-0.1, -0.05) is 30.3 Å².